The summed E-state index contributed by atoms with van der Waals surface area (Å²) in [5.41, 5.74) is 12.8. The number of aliphatic imine (C=N–C) groups is 2. The summed E-state index contributed by atoms with van der Waals surface area (Å²) in [4.78, 5) is 8.91. The number of nitrogens with one attached hydrogen (secondary N) is 2. The summed E-state index contributed by atoms with van der Waals surface area (Å²) in [7, 11) is -2.88. The van der Waals surface area contributed by atoms with E-state index in [1.165, 1.54) is 18.2 Å². The Hall–Kier alpha value is -3.56. The second-order valence-electron chi connectivity index (χ2n) is 6.32. The van der Waals surface area contributed by atoms with E-state index in [4.69, 9.17) is 11.5 Å². The van der Waals surface area contributed by atoms with Crippen LogP contribution >= 0.6 is 15.9 Å². The van der Waals surface area contributed by atoms with Crippen molar-refractivity contribution in [3.05, 3.63) is 58.4 Å². The predicted octanol–water partition coefficient (Wildman–Crippen LogP) is 1.55. The number of fused-ring (bicyclic) bond motifs is 1. The molecule has 1 aliphatic heterocycles. The van der Waals surface area contributed by atoms with Crippen LogP contribution in [-0.4, -0.2) is 48.8 Å². The smallest absolute Gasteiger partial charge is 0.209 e. The third-order valence-corrected chi connectivity index (χ3v) is 6.32. The number of rotatable bonds is 6. The van der Waals surface area contributed by atoms with Gasteiger partial charge in [0.1, 0.15) is 5.82 Å². The minimum Gasteiger partial charge on any atom is -0.370 e. The maximum Gasteiger partial charge on any atom is 0.209 e. The topological polar surface area (TPSA) is 194 Å². The fourth-order valence-corrected chi connectivity index (χ4v) is 4.16. The number of guanidine groups is 1. The highest BCUT2D eigenvalue weighted by molar-refractivity contribution is 9.10. The van der Waals surface area contributed by atoms with Gasteiger partial charge in [0.25, 0.3) is 0 Å². The molecule has 0 atom stereocenters. The Labute approximate surface area is 195 Å². The first kappa shape index (κ1) is 24.1. The summed E-state index contributed by atoms with van der Waals surface area (Å²) in [5, 5.41) is 19.5. The highest BCUT2D eigenvalue weighted by atomic mass is 79.9. The Morgan fingerprint density at radius 2 is 1.88 bits per heavy atom. The molecule has 1 aromatic heterocycles. The van der Waals surface area contributed by atoms with Gasteiger partial charge in [0.05, 0.1) is 26.5 Å². The normalized spacial score (nSPS) is 13.2. The standard InChI is InChI=1S/C12H14BrFN8O2.C6H4O2S/c13-7-5-6(1-2-8(7)14)19-11(20-23)9-10(22-24-21-9)17-3-4-18-12(15)16;7-9(8)5-3-1-2-4-6(5)9/h1-2,5,23H,3-4H2,(H,17,22)(H,19,20)(H4,15,16,18);1-4H. The minimum absolute atomic E-state index is 0.0311. The van der Waals surface area contributed by atoms with Crippen LogP contribution in [0.2, 0.25) is 0 Å². The van der Waals surface area contributed by atoms with Gasteiger partial charge in [-0.1, -0.05) is 12.1 Å². The molecule has 0 spiro atoms. The van der Waals surface area contributed by atoms with E-state index in [0.29, 0.717) is 28.6 Å². The van der Waals surface area contributed by atoms with Crippen LogP contribution in [-0.2, 0) is 9.84 Å². The number of anilines is 1. The van der Waals surface area contributed by atoms with E-state index in [-0.39, 0.29) is 27.8 Å². The molecule has 0 saturated heterocycles. The van der Waals surface area contributed by atoms with Crippen molar-refractivity contribution in [2.75, 3.05) is 18.4 Å². The summed E-state index contributed by atoms with van der Waals surface area (Å²) in [5.74, 6) is -0.282. The molecule has 12 nitrogen and oxygen atoms in total. The maximum absolute atomic E-state index is 13.2. The first-order valence-corrected chi connectivity index (χ1v) is 11.4. The van der Waals surface area contributed by atoms with Crippen molar-refractivity contribution < 1.29 is 22.6 Å². The number of nitrogens with zero attached hydrogens (tertiary/aromatic N) is 4. The van der Waals surface area contributed by atoms with E-state index in [2.05, 4.69) is 46.2 Å². The molecule has 0 radical (unpaired) electrons. The zero-order chi connectivity index (χ0) is 24.0. The van der Waals surface area contributed by atoms with Gasteiger partial charge in [0.15, 0.2) is 17.5 Å². The zero-order valence-electron chi connectivity index (χ0n) is 16.7. The molecule has 33 heavy (non-hydrogen) atoms. The third kappa shape index (κ3) is 6.03. The van der Waals surface area contributed by atoms with Gasteiger partial charge in [-0.3, -0.25) is 15.7 Å². The lowest BCUT2D eigenvalue weighted by atomic mass is 10.3. The van der Waals surface area contributed by atoms with Crippen LogP contribution in [0.1, 0.15) is 5.69 Å². The number of sulfone groups is 1. The van der Waals surface area contributed by atoms with E-state index in [1.807, 2.05) is 5.48 Å². The predicted molar refractivity (Wildman–Crippen MR) is 121 cm³/mol. The van der Waals surface area contributed by atoms with Gasteiger partial charge in [0.2, 0.25) is 15.7 Å². The van der Waals surface area contributed by atoms with E-state index < -0.39 is 15.7 Å². The molecule has 0 unspecified atom stereocenters. The van der Waals surface area contributed by atoms with Crippen LogP contribution in [0.5, 0.6) is 0 Å². The lowest BCUT2D eigenvalue weighted by Gasteiger charge is -2.05. The lowest BCUT2D eigenvalue weighted by Crippen LogP contribution is -2.24. The van der Waals surface area contributed by atoms with Crippen molar-refractivity contribution in [3.8, 4) is 0 Å². The first-order valence-electron chi connectivity index (χ1n) is 9.14. The molecule has 0 aliphatic carbocycles. The highest BCUT2D eigenvalue weighted by Crippen LogP contribution is 2.38. The highest BCUT2D eigenvalue weighted by Gasteiger charge is 2.37. The molecule has 4 rings (SSSR count). The van der Waals surface area contributed by atoms with E-state index >= 15 is 0 Å². The van der Waals surface area contributed by atoms with Crippen LogP contribution in [0.25, 0.3) is 0 Å². The van der Waals surface area contributed by atoms with Crippen molar-refractivity contribution in [3.63, 3.8) is 0 Å². The summed E-state index contributed by atoms with van der Waals surface area (Å²) in [6.07, 6.45) is 0. The number of amidine groups is 1. The van der Waals surface area contributed by atoms with Crippen molar-refractivity contribution in [1.82, 2.24) is 15.8 Å². The molecule has 0 fully saturated rings. The molecule has 3 aromatic rings. The Bertz CT molecular complexity index is 1280. The monoisotopic (exact) mass is 540 g/mol. The van der Waals surface area contributed by atoms with Crippen molar-refractivity contribution in [2.45, 2.75) is 9.79 Å². The number of aromatic nitrogens is 2. The van der Waals surface area contributed by atoms with Gasteiger partial charge in [-0.05, 0) is 56.6 Å². The quantitative estimate of drug-likeness (QED) is 0.0786. The van der Waals surface area contributed by atoms with Gasteiger partial charge >= 0.3 is 0 Å². The van der Waals surface area contributed by atoms with Crippen LogP contribution in [0.15, 0.2) is 71.3 Å². The Morgan fingerprint density at radius 1 is 1.18 bits per heavy atom. The summed E-state index contributed by atoms with van der Waals surface area (Å²) >= 11 is 3.06. The van der Waals surface area contributed by atoms with Gasteiger partial charge in [0, 0.05) is 6.54 Å². The van der Waals surface area contributed by atoms with E-state index in [9.17, 15) is 18.0 Å². The molecular formula is C18H18BrFN8O4S. The largest absolute Gasteiger partial charge is 0.370 e. The molecule has 0 bridgehead atoms. The van der Waals surface area contributed by atoms with Crippen LogP contribution in [0.4, 0.5) is 15.9 Å². The molecule has 1 aliphatic rings. The first-order chi connectivity index (χ1) is 15.7. The second-order valence-corrected chi connectivity index (χ2v) is 9.06. The minimum atomic E-state index is -2.88. The molecule has 2 aromatic carbocycles. The van der Waals surface area contributed by atoms with Crippen molar-refractivity contribution in [1.29, 1.82) is 0 Å². The molecule has 15 heteroatoms. The second kappa shape index (κ2) is 10.4. The number of hydrogen-bond acceptors (Lipinski definition) is 9. The fourth-order valence-electron chi connectivity index (χ4n) is 2.49. The average molecular weight is 541 g/mol. The SMILES string of the molecule is NC(N)=NCCNc1nonc1C(=Nc1ccc(F)c(Br)c1)NO.O=S1(=O)c2ccccc21. The van der Waals surface area contributed by atoms with Gasteiger partial charge in [-0.15, -0.1) is 0 Å². The number of halogens is 2. The lowest BCUT2D eigenvalue weighted by molar-refractivity contribution is 0.234. The van der Waals surface area contributed by atoms with Gasteiger partial charge in [-0.25, -0.2) is 22.4 Å². The fraction of sp³-hybridized carbons (Fsp3) is 0.111. The Balaban J connectivity index is 0.000000280. The van der Waals surface area contributed by atoms with E-state index in [0.717, 1.165) is 0 Å². The third-order valence-electron chi connectivity index (χ3n) is 4.05. The number of nitrogens with two attached hydrogens (primary N) is 2. The molecule has 174 valence electrons. The molecule has 7 N–H and O–H groups in total. The Kier molecular flexibility index (Phi) is 7.57. The summed E-state index contributed by atoms with van der Waals surface area (Å²) in [6, 6.07) is 10.8. The summed E-state index contributed by atoms with van der Waals surface area (Å²) in [6.45, 7) is 0.651. The molecular weight excluding hydrogens is 523 g/mol. The Morgan fingerprint density at radius 3 is 2.45 bits per heavy atom. The summed E-state index contributed by atoms with van der Waals surface area (Å²) < 4.78 is 39.6. The number of hydroxylamine groups is 1. The zero-order valence-corrected chi connectivity index (χ0v) is 19.1. The van der Waals surface area contributed by atoms with Crippen LogP contribution in [0, 0.1) is 5.82 Å². The van der Waals surface area contributed by atoms with Gasteiger partial charge in [-0.2, -0.15) is 0 Å². The van der Waals surface area contributed by atoms with Gasteiger partial charge < -0.3 is 16.8 Å². The number of hydrogen-bond donors (Lipinski definition) is 5. The van der Waals surface area contributed by atoms with Crippen molar-refractivity contribution >= 4 is 49.1 Å². The molecule has 0 amide bonds. The number of benzene rings is 2. The van der Waals surface area contributed by atoms with Crippen molar-refractivity contribution in [2.24, 2.45) is 21.5 Å². The molecule has 2 heterocycles. The maximum atomic E-state index is 13.2. The average Bonchev–Trinajstić information content (AvgIpc) is 3.10. The molecule has 0 saturated carbocycles. The van der Waals surface area contributed by atoms with Crippen LogP contribution in [0.3, 0.4) is 0 Å². The van der Waals surface area contributed by atoms with Crippen LogP contribution < -0.4 is 22.3 Å². The van der Waals surface area contributed by atoms with E-state index in [1.54, 1.807) is 24.3 Å².